The molecular weight excluding hydrogens is 496 g/mol. The minimum absolute atomic E-state index is 0.00732. The number of pyridine rings is 1. The van der Waals surface area contributed by atoms with Crippen LogP contribution in [0.5, 0.6) is 23.0 Å². The number of ketones is 1. The number of carbonyl (C=O) groups is 1. The second-order valence-corrected chi connectivity index (χ2v) is 10.4. The molecule has 0 radical (unpaired) electrons. The molecule has 38 heavy (non-hydrogen) atoms. The van der Waals surface area contributed by atoms with Gasteiger partial charge >= 0.3 is 0 Å². The molecule has 198 valence electrons. The van der Waals surface area contributed by atoms with Gasteiger partial charge in [0.1, 0.15) is 23.2 Å². The van der Waals surface area contributed by atoms with Gasteiger partial charge in [-0.1, -0.05) is 0 Å². The summed E-state index contributed by atoms with van der Waals surface area (Å²) in [6.45, 7) is 1.58. The smallest absolute Gasteiger partial charge is 0.280 e. The van der Waals surface area contributed by atoms with Crippen LogP contribution in [-0.4, -0.2) is 58.0 Å². The molecule has 0 amide bonds. The second-order valence-electron chi connectivity index (χ2n) is 10.4. The number of aliphatic hydroxyl groups excluding tert-OH is 1. The van der Waals surface area contributed by atoms with Gasteiger partial charge in [0.25, 0.3) is 5.56 Å². The molecule has 3 heterocycles. The van der Waals surface area contributed by atoms with Crippen LogP contribution in [0.1, 0.15) is 46.1 Å². The second kappa shape index (κ2) is 7.85. The molecule has 7 rings (SSSR count). The summed E-state index contributed by atoms with van der Waals surface area (Å²) in [6.07, 6.45) is -1.56. The van der Waals surface area contributed by atoms with Crippen molar-refractivity contribution in [2.45, 2.75) is 50.6 Å². The topological polar surface area (TPSA) is 163 Å². The maximum absolute atomic E-state index is 13.9. The normalized spacial score (nSPS) is 27.0. The Morgan fingerprint density at radius 3 is 2.63 bits per heavy atom. The standard InChI is InChI=1S/C27H26N2O9/c1-9-5-10-6-11-7-14-18-19(15(11)21(31)16(10)27(34)29(9)28)23(33)20-22(32)17-12(30)3-4-13(35-2)24(17)38-26(20)25(18)37-8-36-14/h5-6,12-14,17,24,30-31,33H,3-4,7-8,28H2,1-2H3. The van der Waals surface area contributed by atoms with Crippen LogP contribution in [-0.2, 0) is 15.9 Å². The third kappa shape index (κ3) is 2.83. The number of hydrogen-bond acceptors (Lipinski definition) is 10. The number of methoxy groups -OCH3 is 1. The van der Waals surface area contributed by atoms with Crippen LogP contribution in [0.25, 0.3) is 21.9 Å². The van der Waals surface area contributed by atoms with E-state index in [1.807, 2.05) is 0 Å². The monoisotopic (exact) mass is 522 g/mol. The predicted molar refractivity (Wildman–Crippen MR) is 133 cm³/mol. The number of hydrogen-bond donors (Lipinski definition) is 4. The molecule has 2 aromatic carbocycles. The third-order valence-electron chi connectivity index (χ3n) is 8.45. The molecule has 0 bridgehead atoms. The van der Waals surface area contributed by atoms with Gasteiger partial charge in [0.2, 0.25) is 0 Å². The largest absolute Gasteiger partial charge is 0.506 e. The van der Waals surface area contributed by atoms with E-state index < -0.39 is 47.4 Å². The van der Waals surface area contributed by atoms with Gasteiger partial charge in [-0.2, -0.15) is 0 Å². The van der Waals surface area contributed by atoms with E-state index in [0.29, 0.717) is 41.5 Å². The summed E-state index contributed by atoms with van der Waals surface area (Å²) in [4.78, 5) is 26.9. The van der Waals surface area contributed by atoms with Crippen molar-refractivity contribution in [3.63, 3.8) is 0 Å². The number of aliphatic hydroxyl groups is 1. The summed E-state index contributed by atoms with van der Waals surface area (Å²) in [7, 11) is 1.53. The van der Waals surface area contributed by atoms with E-state index in [0.717, 1.165) is 4.68 Å². The van der Waals surface area contributed by atoms with Crippen molar-refractivity contribution in [1.29, 1.82) is 0 Å². The van der Waals surface area contributed by atoms with Gasteiger partial charge in [-0.25, -0.2) is 4.68 Å². The molecule has 0 spiro atoms. The quantitative estimate of drug-likeness (QED) is 0.347. The van der Waals surface area contributed by atoms with E-state index in [9.17, 15) is 24.9 Å². The lowest BCUT2D eigenvalue weighted by atomic mass is 9.73. The number of aromatic hydroxyl groups is 2. The SMILES string of the molecule is COC1CCC(O)C2C(=O)c3c(O)c4c5c(c3OC12)OCOC5Cc1cc2cc(C)n(N)c(=O)c2c(O)c1-4. The number of aryl methyl sites for hydroxylation is 1. The fourth-order valence-corrected chi connectivity index (χ4v) is 6.63. The first-order valence-electron chi connectivity index (χ1n) is 12.5. The Kier molecular flexibility index (Phi) is 4.82. The number of nitrogen functional groups attached to an aromatic ring is 1. The molecule has 5 N–H and O–H groups in total. The summed E-state index contributed by atoms with van der Waals surface area (Å²) < 4.78 is 24.6. The maximum Gasteiger partial charge on any atom is 0.280 e. The Morgan fingerprint density at radius 1 is 1.08 bits per heavy atom. The maximum atomic E-state index is 13.9. The number of nitrogens with two attached hydrogens (primary N) is 1. The summed E-state index contributed by atoms with van der Waals surface area (Å²) >= 11 is 0. The number of phenols is 2. The molecule has 4 aliphatic rings. The van der Waals surface area contributed by atoms with Gasteiger partial charge in [0.05, 0.1) is 29.6 Å². The number of fused-ring (bicyclic) bond motifs is 6. The lowest BCUT2D eigenvalue weighted by Crippen LogP contribution is -2.54. The first-order valence-corrected chi connectivity index (χ1v) is 12.5. The van der Waals surface area contributed by atoms with Crippen molar-refractivity contribution >= 4 is 16.6 Å². The molecule has 0 saturated heterocycles. The number of phenolic OH excluding ortho intramolecular Hbond substituents is 2. The van der Waals surface area contributed by atoms with Gasteiger partial charge in [-0.05, 0) is 42.8 Å². The van der Waals surface area contributed by atoms with Gasteiger partial charge < -0.3 is 40.1 Å². The number of ether oxygens (including phenoxy) is 4. The van der Waals surface area contributed by atoms with Crippen molar-refractivity contribution in [2.75, 3.05) is 19.7 Å². The van der Waals surface area contributed by atoms with Crippen molar-refractivity contribution in [1.82, 2.24) is 4.68 Å². The number of carbonyl (C=O) groups excluding carboxylic acids is 1. The molecule has 1 saturated carbocycles. The number of rotatable bonds is 1. The third-order valence-corrected chi connectivity index (χ3v) is 8.45. The highest BCUT2D eigenvalue weighted by molar-refractivity contribution is 6.09. The summed E-state index contributed by atoms with van der Waals surface area (Å²) in [6, 6.07) is 3.46. The number of nitrogens with zero attached hydrogens (tertiary/aromatic N) is 1. The molecule has 11 heteroatoms. The first-order chi connectivity index (χ1) is 18.2. The number of aromatic nitrogens is 1. The van der Waals surface area contributed by atoms with Crippen LogP contribution in [0.3, 0.4) is 0 Å². The van der Waals surface area contributed by atoms with Crippen LogP contribution in [0.4, 0.5) is 0 Å². The average molecular weight is 523 g/mol. The molecule has 5 unspecified atom stereocenters. The van der Waals surface area contributed by atoms with Crippen LogP contribution >= 0.6 is 0 Å². The zero-order valence-electron chi connectivity index (χ0n) is 20.7. The fourth-order valence-electron chi connectivity index (χ4n) is 6.63. The molecule has 3 aromatic rings. The van der Waals surface area contributed by atoms with Gasteiger partial charge in [-0.15, -0.1) is 0 Å². The fraction of sp³-hybridized carbons (Fsp3) is 0.407. The van der Waals surface area contributed by atoms with Gasteiger partial charge in [-0.3, -0.25) is 9.59 Å². The van der Waals surface area contributed by atoms with E-state index in [-0.39, 0.29) is 46.1 Å². The van der Waals surface area contributed by atoms with E-state index in [4.69, 9.17) is 24.8 Å². The van der Waals surface area contributed by atoms with Crippen molar-refractivity contribution in [3.8, 4) is 34.1 Å². The number of Topliss-reactive ketones (excluding diaryl/α,β-unsaturated/α-hetero) is 1. The highest BCUT2D eigenvalue weighted by atomic mass is 16.7. The highest BCUT2D eigenvalue weighted by Crippen LogP contribution is 2.60. The number of benzene rings is 2. The summed E-state index contributed by atoms with van der Waals surface area (Å²) in [5.41, 5.74) is 1.17. The molecule has 11 nitrogen and oxygen atoms in total. The molecular formula is C27H26N2O9. The molecule has 1 fully saturated rings. The van der Waals surface area contributed by atoms with Crippen LogP contribution < -0.4 is 20.9 Å². The summed E-state index contributed by atoms with van der Waals surface area (Å²) in [5, 5.41) is 34.4. The van der Waals surface area contributed by atoms with Crippen LogP contribution in [0, 0.1) is 12.8 Å². The van der Waals surface area contributed by atoms with E-state index in [1.54, 1.807) is 19.1 Å². The Morgan fingerprint density at radius 2 is 1.87 bits per heavy atom. The Labute approximate surface area is 215 Å². The Balaban J connectivity index is 1.55. The molecule has 1 aromatic heterocycles. The molecule has 5 atom stereocenters. The lowest BCUT2D eigenvalue weighted by molar-refractivity contribution is -0.0948. The van der Waals surface area contributed by atoms with Crippen molar-refractivity contribution in [3.05, 3.63) is 44.9 Å². The molecule has 2 aliphatic carbocycles. The minimum atomic E-state index is -0.980. The zero-order chi connectivity index (χ0) is 26.6. The highest BCUT2D eigenvalue weighted by Gasteiger charge is 2.52. The Hall–Kier alpha value is -3.80. The Bertz CT molecular complexity index is 1630. The minimum Gasteiger partial charge on any atom is -0.506 e. The van der Waals surface area contributed by atoms with Crippen LogP contribution in [0.15, 0.2) is 16.9 Å². The zero-order valence-corrected chi connectivity index (χ0v) is 20.7. The lowest BCUT2D eigenvalue weighted by Gasteiger charge is -2.44. The van der Waals surface area contributed by atoms with Crippen molar-refractivity contribution < 1.29 is 39.1 Å². The van der Waals surface area contributed by atoms with E-state index in [1.165, 1.54) is 7.11 Å². The summed E-state index contributed by atoms with van der Waals surface area (Å²) in [5.74, 6) is 3.98. The average Bonchev–Trinajstić information content (AvgIpc) is 2.89. The van der Waals surface area contributed by atoms with E-state index >= 15 is 0 Å². The van der Waals surface area contributed by atoms with E-state index in [2.05, 4.69) is 0 Å². The first kappa shape index (κ1) is 23.3. The van der Waals surface area contributed by atoms with Crippen molar-refractivity contribution in [2.24, 2.45) is 5.92 Å². The van der Waals surface area contributed by atoms with Crippen LogP contribution in [0.2, 0.25) is 0 Å². The molecule has 2 aliphatic heterocycles. The van der Waals surface area contributed by atoms with Gasteiger partial charge in [0, 0.05) is 35.9 Å². The predicted octanol–water partition coefficient (Wildman–Crippen LogP) is 1.80. The van der Waals surface area contributed by atoms with Gasteiger partial charge in [0.15, 0.2) is 24.1 Å².